The van der Waals surface area contributed by atoms with Crippen LogP contribution in [0.3, 0.4) is 0 Å². The first-order valence-electron chi connectivity index (χ1n) is 2.42. The molecule has 0 rings (SSSR count). The van der Waals surface area contributed by atoms with Crippen molar-refractivity contribution in [3.63, 3.8) is 0 Å². The molecule has 0 aromatic rings. The van der Waals surface area contributed by atoms with Crippen LogP contribution in [0.1, 0.15) is 0 Å². The molecule has 1 nitrogen and oxygen atoms in total. The molecule has 0 unspecified atom stereocenters. The molecule has 0 aliphatic heterocycles. The fourth-order valence-electron chi connectivity index (χ4n) is 0.360. The van der Waals surface area contributed by atoms with E-state index in [1.807, 2.05) is 0 Å². The van der Waals surface area contributed by atoms with Crippen molar-refractivity contribution < 1.29 is 4.57 Å². The molecule has 0 heterocycles. The zero-order chi connectivity index (χ0) is 9.07. The van der Waals surface area contributed by atoms with Crippen molar-refractivity contribution in [1.29, 1.82) is 0 Å². The van der Waals surface area contributed by atoms with E-state index in [2.05, 4.69) is 0 Å². The van der Waals surface area contributed by atoms with Gasteiger partial charge in [0.05, 0.1) is 11.8 Å². The summed E-state index contributed by atoms with van der Waals surface area (Å²) in [6, 6.07) is 0. The molecule has 0 amide bonds. The molecule has 66 valence electrons. The summed E-state index contributed by atoms with van der Waals surface area (Å²) >= 11 is 26.9. The van der Waals surface area contributed by atoms with Crippen LogP contribution in [0.4, 0.5) is 0 Å². The molecule has 0 aromatic carbocycles. The summed E-state index contributed by atoms with van der Waals surface area (Å²) in [4.78, 5) is 0. The molecule has 0 spiro atoms. The Balaban J connectivity index is 4.82. The Hall–Kier alpha value is 1.42. The maximum Gasteiger partial charge on any atom is 0.280 e. The number of rotatable bonds is 3. The summed E-state index contributed by atoms with van der Waals surface area (Å²) in [5.74, 6) is -3.44. The lowest BCUT2D eigenvalue weighted by atomic mass is 10.6. The molecular weight excluding hydrogens is 272 g/mol. The number of halogens is 5. The van der Waals surface area contributed by atoms with Gasteiger partial charge in [0.15, 0.2) is 0 Å². The van der Waals surface area contributed by atoms with Crippen molar-refractivity contribution in [2.24, 2.45) is 0 Å². The second-order valence-corrected chi connectivity index (χ2v) is 7.41. The van der Waals surface area contributed by atoms with Crippen molar-refractivity contribution in [3.05, 3.63) is 10.3 Å². The molecule has 7 heteroatoms. The molecule has 0 atom stereocenters. The van der Waals surface area contributed by atoms with E-state index in [1.54, 1.807) is 0 Å². The highest BCUT2D eigenvalue weighted by Gasteiger charge is 2.23. The number of hydrogen-bond acceptors (Lipinski definition) is 1. The maximum absolute atomic E-state index is 11.0. The third-order valence-electron chi connectivity index (χ3n) is 0.871. The molecule has 0 fully saturated rings. The first-order chi connectivity index (χ1) is 4.93. The van der Waals surface area contributed by atoms with Gasteiger partial charge >= 0.3 is 0 Å². The molecule has 0 aromatic heterocycles. The van der Waals surface area contributed by atoms with Gasteiger partial charge in [-0.1, -0.05) is 11.6 Å². The van der Waals surface area contributed by atoms with Gasteiger partial charge in [-0.25, -0.2) is 0 Å². The maximum atomic E-state index is 11.0. The lowest BCUT2D eigenvalue weighted by Gasteiger charge is -2.05. The third kappa shape index (κ3) is 4.26. The van der Waals surface area contributed by atoms with E-state index in [1.165, 1.54) is 0 Å². The van der Waals surface area contributed by atoms with E-state index in [0.29, 0.717) is 0 Å². The monoisotopic (exact) mass is 274 g/mol. The first-order valence-corrected chi connectivity index (χ1v) is 7.39. The fraction of sp³-hybridized carbons (Fsp3) is 0.500. The van der Waals surface area contributed by atoms with Crippen LogP contribution in [-0.4, -0.2) is 11.8 Å². The fourth-order valence-corrected chi connectivity index (χ4v) is 3.87. The normalized spacial score (nSPS) is 14.6. The molecule has 0 bridgehead atoms. The van der Waals surface area contributed by atoms with Crippen molar-refractivity contribution in [3.8, 4) is 0 Å². The summed E-state index contributed by atoms with van der Waals surface area (Å²) in [7, 11) is 0. The third-order valence-corrected chi connectivity index (χ3v) is 4.50. The van der Waals surface area contributed by atoms with E-state index in [9.17, 15) is 4.57 Å². The predicted molar refractivity (Wildman–Crippen MR) is 53.6 cm³/mol. The Morgan fingerprint density at radius 2 is 1.64 bits per heavy atom. The van der Waals surface area contributed by atoms with Crippen LogP contribution in [-0.2, 0) is 4.57 Å². The lowest BCUT2D eigenvalue weighted by molar-refractivity contribution is 0.596. The highest BCUT2D eigenvalue weighted by molar-refractivity contribution is 8.11. The lowest BCUT2D eigenvalue weighted by Crippen LogP contribution is -1.85. The van der Waals surface area contributed by atoms with Gasteiger partial charge in [-0.2, -0.15) is 0 Å². The Bertz CT molecular complexity index is 207. The minimum Gasteiger partial charge on any atom is -0.284 e. The topological polar surface area (TPSA) is 17.1 Å². The van der Waals surface area contributed by atoms with Crippen LogP contribution in [0.5, 0.6) is 0 Å². The summed E-state index contributed by atoms with van der Waals surface area (Å²) < 4.78 is 11.0. The van der Waals surface area contributed by atoms with E-state index in [4.69, 9.17) is 57.3 Å². The average Bonchev–Trinajstić information content (AvgIpc) is 1.86. The Labute approximate surface area is 89.5 Å². The van der Waals surface area contributed by atoms with Gasteiger partial charge < -0.3 is 0 Å². The molecule has 0 N–H and O–H groups in total. The summed E-state index contributed by atoms with van der Waals surface area (Å²) in [5.41, 5.74) is 0. The zero-order valence-electron chi connectivity index (χ0n) is 5.16. The molecule has 11 heavy (non-hydrogen) atoms. The van der Waals surface area contributed by atoms with Crippen LogP contribution < -0.4 is 0 Å². The van der Waals surface area contributed by atoms with Crippen LogP contribution in [0.25, 0.3) is 0 Å². The van der Waals surface area contributed by atoms with Gasteiger partial charge in [0.25, 0.3) is 5.85 Å². The second-order valence-electron chi connectivity index (χ2n) is 1.58. The van der Waals surface area contributed by atoms with Crippen LogP contribution in [0, 0.1) is 0 Å². The highest BCUT2D eigenvalue weighted by Crippen LogP contribution is 2.65. The quantitative estimate of drug-likeness (QED) is 0.544. The Morgan fingerprint density at radius 1 is 1.18 bits per heavy atom. The minimum absolute atomic E-state index is 0.00698. The second kappa shape index (κ2) is 5.21. The van der Waals surface area contributed by atoms with E-state index < -0.39 is 5.85 Å². The van der Waals surface area contributed by atoms with Gasteiger partial charge in [-0.3, -0.25) is 4.57 Å². The van der Waals surface area contributed by atoms with Gasteiger partial charge in [0.1, 0.15) is 0 Å². The molecule has 0 radical (unpaired) electrons. The van der Waals surface area contributed by atoms with Crippen LogP contribution in [0.15, 0.2) is 10.3 Å². The van der Waals surface area contributed by atoms with Gasteiger partial charge in [0.2, 0.25) is 0 Å². The summed E-state index contributed by atoms with van der Waals surface area (Å²) in [5, 5.41) is 0.258. The zero-order valence-corrected chi connectivity index (χ0v) is 9.83. The van der Waals surface area contributed by atoms with Gasteiger partial charge in [-0.15, -0.1) is 23.2 Å². The number of alkyl halides is 2. The van der Waals surface area contributed by atoms with Crippen molar-refractivity contribution in [1.82, 2.24) is 0 Å². The van der Waals surface area contributed by atoms with E-state index >= 15 is 0 Å². The standard InChI is InChI=1S/C4H4Cl5OP/c5-1-3(7)4(2-6)11(8,9)10/h1-2H2/b4-3+. The minimum atomic E-state index is -3.37. The largest absolute Gasteiger partial charge is 0.284 e. The van der Waals surface area contributed by atoms with Gasteiger partial charge in [0, 0.05) is 10.3 Å². The number of hydrogen-bond donors (Lipinski definition) is 0. The Morgan fingerprint density at radius 3 is 1.73 bits per heavy atom. The molecule has 0 saturated heterocycles. The van der Waals surface area contributed by atoms with Crippen molar-refractivity contribution in [2.75, 3.05) is 11.8 Å². The van der Waals surface area contributed by atoms with Crippen molar-refractivity contribution >= 4 is 63.1 Å². The summed E-state index contributed by atoms with van der Waals surface area (Å²) in [6.45, 7) is 0. The van der Waals surface area contributed by atoms with Gasteiger partial charge in [-0.05, 0) is 22.5 Å². The molecule has 0 aliphatic rings. The van der Waals surface area contributed by atoms with Crippen LogP contribution >= 0.6 is 63.1 Å². The first kappa shape index (κ1) is 12.4. The Kier molecular flexibility index (Phi) is 5.89. The highest BCUT2D eigenvalue weighted by atomic mass is 35.9. The smallest absolute Gasteiger partial charge is 0.280 e. The predicted octanol–water partition coefficient (Wildman–Crippen LogP) is 4.59. The molecule has 0 aliphatic carbocycles. The van der Waals surface area contributed by atoms with E-state index in [-0.39, 0.29) is 22.1 Å². The van der Waals surface area contributed by atoms with Crippen molar-refractivity contribution in [2.45, 2.75) is 0 Å². The summed E-state index contributed by atoms with van der Waals surface area (Å²) in [6.07, 6.45) is 0. The average molecular weight is 276 g/mol. The van der Waals surface area contributed by atoms with Crippen LogP contribution in [0.2, 0.25) is 0 Å². The molecular formula is C4H4Cl5OP. The SMILES string of the molecule is O=P(Cl)(Cl)/C(CCl)=C(/Cl)CCl. The van der Waals surface area contributed by atoms with E-state index in [0.717, 1.165) is 0 Å². The number of allylic oxidation sites excluding steroid dienone is 2. The molecule has 0 saturated carbocycles.